The van der Waals surface area contributed by atoms with E-state index in [1.807, 2.05) is 26.4 Å². The van der Waals surface area contributed by atoms with Crippen molar-refractivity contribution in [1.82, 2.24) is 0 Å². The molecule has 0 aromatic heterocycles. The minimum Gasteiger partial charge on any atom is -0.395 e. The van der Waals surface area contributed by atoms with Crippen molar-refractivity contribution in [2.75, 3.05) is 63.3 Å². The average molecular weight is 537 g/mol. The van der Waals surface area contributed by atoms with Crippen LogP contribution in [0.2, 0.25) is 0 Å². The monoisotopic (exact) mass is 536 g/mol. The van der Waals surface area contributed by atoms with Crippen LogP contribution in [0.25, 0.3) is 0 Å². The van der Waals surface area contributed by atoms with E-state index in [0.29, 0.717) is 13.2 Å². The molecule has 2 N–H and O–H groups in total. The van der Waals surface area contributed by atoms with Crippen LogP contribution in [0.3, 0.4) is 0 Å². The molecule has 5 nitrogen and oxygen atoms in total. The number of hydrogen-bond acceptors (Lipinski definition) is 13. The number of nitrogens with zero attached hydrogens (tertiary/aromatic N) is 1. The second kappa shape index (κ2) is 46.2. The van der Waals surface area contributed by atoms with Gasteiger partial charge in [0.2, 0.25) is 4.45 Å². The van der Waals surface area contributed by atoms with Crippen molar-refractivity contribution >= 4 is 99.0 Å². The molecule has 0 aromatic carbocycles. The van der Waals surface area contributed by atoms with Gasteiger partial charge >= 0.3 is 0 Å². The minimum atomic E-state index is 0.176. The lowest BCUT2D eigenvalue weighted by molar-refractivity contribution is 0.152. The smallest absolute Gasteiger partial charge is 0.245 e. The summed E-state index contributed by atoms with van der Waals surface area (Å²) in [5, 5.41) is 3.82. The van der Waals surface area contributed by atoms with Crippen molar-refractivity contribution < 1.29 is 14.5 Å². The minimum absolute atomic E-state index is 0.176. The van der Waals surface area contributed by atoms with E-state index in [9.17, 15) is 4.79 Å². The Morgan fingerprint density at radius 3 is 1.19 bits per heavy atom. The van der Waals surface area contributed by atoms with Crippen molar-refractivity contribution in [3.05, 3.63) is 0 Å². The Bertz CT molecular complexity index is 251. The average Bonchev–Trinajstić information content (AvgIpc) is 2.74. The van der Waals surface area contributed by atoms with Gasteiger partial charge in [0.25, 0.3) is 0 Å². The molecule has 0 rings (SSSR count). The zero-order chi connectivity index (χ0) is 22.3. The molecule has 0 aliphatic heterocycles. The largest absolute Gasteiger partial charge is 0.395 e. The first-order chi connectivity index (χ1) is 12.9. The van der Waals surface area contributed by atoms with E-state index in [1.165, 1.54) is 23.5 Å². The highest BCUT2D eigenvalue weighted by atomic mass is 33.1. The Morgan fingerprint density at radius 2 is 1.07 bits per heavy atom. The van der Waals surface area contributed by atoms with Crippen molar-refractivity contribution in [3.63, 3.8) is 0 Å². The molecule has 0 radical (unpaired) electrons. The summed E-state index contributed by atoms with van der Waals surface area (Å²) in [6.07, 6.45) is 15.8. The Balaban J connectivity index is -0.0000000787. The zero-order valence-electron chi connectivity index (χ0n) is 17.9. The summed E-state index contributed by atoms with van der Waals surface area (Å²) in [5.41, 5.74) is 0. The summed E-state index contributed by atoms with van der Waals surface area (Å²) in [5.74, 6) is 4.53. The number of oxime groups is 1. The van der Waals surface area contributed by atoms with Crippen LogP contribution in [0.5, 0.6) is 0 Å². The standard InChI is InChI=1S/C5H11NOS2.C3H6OS2.C2H7NO.2C2H6S2/c1-4-7-6-5(8-2)9-3;1-5-3(4)6-2;1-2-4-3;2*1-3-4-2/h4H2,1-3H3;1-2H3;2-3H2,1H3;2*1-2H3. The summed E-state index contributed by atoms with van der Waals surface area (Å²) in [6, 6.07) is 0. The van der Waals surface area contributed by atoms with Gasteiger partial charge in [0.15, 0.2) is 4.38 Å². The Morgan fingerprint density at radius 1 is 0.741 bits per heavy atom. The zero-order valence-corrected chi connectivity index (χ0v) is 24.5. The molecule has 168 valence electrons. The fourth-order valence-corrected chi connectivity index (χ4v) is 1.95. The molecule has 0 aliphatic rings. The quantitative estimate of drug-likeness (QED) is 0.170. The van der Waals surface area contributed by atoms with Gasteiger partial charge in [-0.3, -0.25) is 4.79 Å². The Hall–Kier alpha value is 1.86. The number of hydrogen-bond donors (Lipinski definition) is 1. The van der Waals surface area contributed by atoms with E-state index in [-0.39, 0.29) is 4.45 Å². The molecule has 0 saturated carbocycles. The van der Waals surface area contributed by atoms with E-state index >= 15 is 0 Å². The van der Waals surface area contributed by atoms with Crippen molar-refractivity contribution in [1.29, 1.82) is 0 Å². The predicted octanol–water partition coefficient (Wildman–Crippen LogP) is 7.00. The molecule has 0 unspecified atom stereocenters. The fraction of sp³-hybridized carbons (Fsp3) is 0.857. The second-order valence-electron chi connectivity index (χ2n) is 2.96. The lowest BCUT2D eigenvalue weighted by atomic mass is 10.9. The van der Waals surface area contributed by atoms with E-state index in [0.717, 1.165) is 4.38 Å². The molecule has 13 heteroatoms. The molecule has 0 spiro atoms. The van der Waals surface area contributed by atoms with Gasteiger partial charge in [0, 0.05) is 0 Å². The molecule has 0 bridgehead atoms. The summed E-state index contributed by atoms with van der Waals surface area (Å²) >= 11 is 5.69. The highest BCUT2D eigenvalue weighted by Gasteiger charge is 1.91. The van der Waals surface area contributed by atoms with Crippen molar-refractivity contribution in [3.8, 4) is 0 Å². The summed E-state index contributed by atoms with van der Waals surface area (Å²) in [6.45, 7) is 4.99. The van der Waals surface area contributed by atoms with E-state index in [1.54, 1.807) is 79.2 Å². The topological polar surface area (TPSA) is 73.9 Å². The third-order valence-corrected chi connectivity index (χ3v) is 7.63. The molecule has 27 heavy (non-hydrogen) atoms. The summed E-state index contributed by atoms with van der Waals surface area (Å²) < 4.78 is 1.15. The molecule has 0 amide bonds. The number of nitrogens with two attached hydrogens (primary N) is 1. The molecule has 0 heterocycles. The van der Waals surface area contributed by atoms with E-state index < -0.39 is 0 Å². The SMILES string of the molecule is CCON.CCON=C(SC)SC.CSC(=O)SC.CSSC.CSSC. The number of carbonyl (C=O) groups excluding carboxylic acids is 1. The third kappa shape index (κ3) is 65.5. The van der Waals surface area contributed by atoms with Crippen molar-refractivity contribution in [2.24, 2.45) is 11.1 Å². The van der Waals surface area contributed by atoms with Crippen LogP contribution in [0.15, 0.2) is 5.16 Å². The maximum absolute atomic E-state index is 10.1. The first-order valence-corrected chi connectivity index (χ1v) is 18.1. The van der Waals surface area contributed by atoms with Gasteiger partial charge in [-0.15, -0.1) is 0 Å². The third-order valence-electron chi connectivity index (χ3n) is 1.45. The van der Waals surface area contributed by atoms with E-state index in [2.05, 4.69) is 40.9 Å². The Kier molecular flexibility index (Phi) is 67.3. The number of rotatable bonds is 5. The number of carbonyl (C=O) groups is 1. The Labute approximate surface area is 200 Å². The second-order valence-corrected chi connectivity index (χ2v) is 12.0. The summed E-state index contributed by atoms with van der Waals surface area (Å²) in [7, 11) is 7.09. The van der Waals surface area contributed by atoms with Crippen LogP contribution in [0.1, 0.15) is 13.8 Å². The van der Waals surface area contributed by atoms with Gasteiger partial charge in [-0.1, -0.05) is 95.4 Å². The van der Waals surface area contributed by atoms with Crippen LogP contribution in [0.4, 0.5) is 4.79 Å². The maximum atomic E-state index is 10.1. The van der Waals surface area contributed by atoms with Gasteiger partial charge in [0.1, 0.15) is 6.61 Å². The molecular weight excluding hydrogens is 501 g/mol. The van der Waals surface area contributed by atoms with Gasteiger partial charge in [-0.2, -0.15) is 0 Å². The highest BCUT2D eigenvalue weighted by molar-refractivity contribution is 8.76. The maximum Gasteiger partial charge on any atom is 0.245 e. The van der Waals surface area contributed by atoms with Crippen LogP contribution in [0, 0.1) is 0 Å². The fourth-order valence-electron chi connectivity index (χ4n) is 0.358. The molecule has 0 atom stereocenters. The number of thioether (sulfide) groups is 4. The normalized spacial score (nSPS) is 8.11. The first-order valence-electron chi connectivity index (χ1n) is 7.25. The van der Waals surface area contributed by atoms with Crippen LogP contribution in [-0.4, -0.2) is 72.1 Å². The van der Waals surface area contributed by atoms with Gasteiger partial charge in [0.05, 0.1) is 6.61 Å². The molecular formula is C14H36N2O3S8. The van der Waals surface area contributed by atoms with Gasteiger partial charge in [-0.05, 0) is 63.9 Å². The van der Waals surface area contributed by atoms with Crippen molar-refractivity contribution in [2.45, 2.75) is 13.8 Å². The van der Waals surface area contributed by atoms with Gasteiger partial charge < -0.3 is 9.68 Å². The van der Waals surface area contributed by atoms with Crippen LogP contribution in [-0.2, 0) is 9.68 Å². The lowest BCUT2D eigenvalue weighted by Gasteiger charge is -1.95. The van der Waals surface area contributed by atoms with Crippen LogP contribution < -0.4 is 5.90 Å². The first kappa shape index (κ1) is 39.3. The van der Waals surface area contributed by atoms with E-state index in [4.69, 9.17) is 4.84 Å². The van der Waals surface area contributed by atoms with Crippen LogP contribution >= 0.6 is 90.2 Å². The summed E-state index contributed by atoms with van der Waals surface area (Å²) in [4.78, 5) is 19.0. The predicted molar refractivity (Wildman–Crippen MR) is 148 cm³/mol. The lowest BCUT2D eigenvalue weighted by Crippen LogP contribution is -1.94. The molecule has 0 aromatic rings. The molecule has 0 saturated heterocycles. The van der Waals surface area contributed by atoms with Gasteiger partial charge in [-0.25, -0.2) is 5.90 Å². The molecule has 0 fully saturated rings. The highest BCUT2D eigenvalue weighted by Crippen LogP contribution is 2.10. The molecule has 0 aliphatic carbocycles.